The van der Waals surface area contributed by atoms with Crippen LogP contribution in [0.3, 0.4) is 0 Å². The van der Waals surface area contributed by atoms with Crippen molar-refractivity contribution in [2.75, 3.05) is 19.2 Å². The minimum absolute atomic E-state index is 0.200. The van der Waals surface area contributed by atoms with Crippen LogP contribution in [0.25, 0.3) is 32.4 Å². The Morgan fingerprint density at radius 3 is 2.76 bits per heavy atom. The van der Waals surface area contributed by atoms with E-state index in [1.54, 1.807) is 13.2 Å². The van der Waals surface area contributed by atoms with Crippen molar-refractivity contribution in [3.05, 3.63) is 72.3 Å². The van der Waals surface area contributed by atoms with E-state index in [1.807, 2.05) is 60.7 Å². The highest BCUT2D eigenvalue weighted by Crippen LogP contribution is 2.36. The van der Waals surface area contributed by atoms with Crippen LogP contribution < -0.4 is 19.5 Å². The number of nitrogens with zero attached hydrogens (tertiary/aromatic N) is 2. The first-order valence-electron chi connectivity index (χ1n) is 10.2. The summed E-state index contributed by atoms with van der Waals surface area (Å²) in [5.74, 6) is 1.86. The monoisotopic (exact) mass is 455 g/mol. The number of carbonyl (C=O) groups is 1. The number of nitrogens with one attached hydrogen (secondary N) is 1. The highest BCUT2D eigenvalue weighted by Gasteiger charge is 2.18. The van der Waals surface area contributed by atoms with Gasteiger partial charge in [0.25, 0.3) is 5.91 Å². The molecule has 0 saturated heterocycles. The Bertz CT molecular complexity index is 1550. The smallest absolute Gasteiger partial charge is 0.258 e. The third kappa shape index (κ3) is 3.50. The fraction of sp³-hybridized carbons (Fsp3) is 0.0800. The summed E-state index contributed by atoms with van der Waals surface area (Å²) in [6.45, 7) is 0.200. The second-order valence-electron chi connectivity index (χ2n) is 7.45. The molecule has 2 aromatic heterocycles. The lowest BCUT2D eigenvalue weighted by molar-refractivity contribution is 0.102. The van der Waals surface area contributed by atoms with Gasteiger partial charge >= 0.3 is 0 Å². The second-order valence-corrected chi connectivity index (χ2v) is 8.48. The molecule has 0 atom stereocenters. The maximum Gasteiger partial charge on any atom is 0.258 e. The molecule has 0 spiro atoms. The van der Waals surface area contributed by atoms with Crippen LogP contribution in [0.5, 0.6) is 17.2 Å². The van der Waals surface area contributed by atoms with E-state index in [9.17, 15) is 4.79 Å². The molecule has 1 aliphatic rings. The first kappa shape index (κ1) is 19.5. The quantitative estimate of drug-likeness (QED) is 0.385. The normalized spacial score (nSPS) is 12.3. The third-order valence-corrected chi connectivity index (χ3v) is 6.38. The van der Waals surface area contributed by atoms with Crippen LogP contribution in [0.15, 0.2) is 66.7 Å². The lowest BCUT2D eigenvalue weighted by atomic mass is 10.0. The van der Waals surface area contributed by atoms with Crippen molar-refractivity contribution in [2.45, 2.75) is 0 Å². The van der Waals surface area contributed by atoms with Gasteiger partial charge < -0.3 is 14.2 Å². The van der Waals surface area contributed by atoms with Gasteiger partial charge in [0, 0.05) is 10.9 Å². The van der Waals surface area contributed by atoms with E-state index in [1.165, 1.54) is 11.3 Å². The van der Waals surface area contributed by atoms with Crippen molar-refractivity contribution >= 4 is 43.5 Å². The maximum atomic E-state index is 13.4. The fourth-order valence-electron chi connectivity index (χ4n) is 3.82. The summed E-state index contributed by atoms with van der Waals surface area (Å²) < 4.78 is 17.1. The Morgan fingerprint density at radius 2 is 1.85 bits per heavy atom. The van der Waals surface area contributed by atoms with Gasteiger partial charge in [0.2, 0.25) is 6.79 Å². The summed E-state index contributed by atoms with van der Waals surface area (Å²) in [6, 6.07) is 20.6. The molecular formula is C25H17N3O4S. The highest BCUT2D eigenvalue weighted by atomic mass is 32.1. The van der Waals surface area contributed by atoms with Gasteiger partial charge in [0.1, 0.15) is 5.75 Å². The van der Waals surface area contributed by atoms with Gasteiger partial charge in [0.15, 0.2) is 16.6 Å². The number of ether oxygens (including phenoxy) is 3. The van der Waals surface area contributed by atoms with Crippen molar-refractivity contribution in [1.82, 2.24) is 9.97 Å². The zero-order valence-corrected chi connectivity index (χ0v) is 18.3. The third-order valence-electron chi connectivity index (χ3n) is 5.45. The van der Waals surface area contributed by atoms with Gasteiger partial charge in [-0.1, -0.05) is 29.5 Å². The van der Waals surface area contributed by atoms with Crippen LogP contribution in [0, 0.1) is 0 Å². The number of carbonyl (C=O) groups excluding carboxylic acids is 1. The van der Waals surface area contributed by atoms with Crippen molar-refractivity contribution in [1.29, 1.82) is 0 Å². The van der Waals surface area contributed by atoms with E-state index in [4.69, 9.17) is 19.2 Å². The molecule has 0 fully saturated rings. The standard InChI is InChI=1S/C25H17N3O4S/c1-30-15-7-8-19-23(11-15)33-25(27-19)28-24(29)17-12-20(26-18-5-3-2-4-16(17)18)14-6-9-21-22(10-14)32-13-31-21/h2-12H,13H2,1H3,(H,27,28,29). The Balaban J connectivity index is 1.40. The van der Waals surface area contributed by atoms with Gasteiger partial charge in [-0.05, 0) is 48.5 Å². The number of amides is 1. The zero-order valence-electron chi connectivity index (χ0n) is 17.5. The van der Waals surface area contributed by atoms with Crippen LogP contribution >= 0.6 is 11.3 Å². The summed E-state index contributed by atoms with van der Waals surface area (Å²) >= 11 is 1.40. The lowest BCUT2D eigenvalue weighted by Crippen LogP contribution is -2.13. The Morgan fingerprint density at radius 1 is 0.970 bits per heavy atom. The lowest BCUT2D eigenvalue weighted by Gasteiger charge is -2.10. The van der Waals surface area contributed by atoms with E-state index >= 15 is 0 Å². The molecule has 0 saturated carbocycles. The molecule has 1 aliphatic heterocycles. The molecule has 0 radical (unpaired) electrons. The summed E-state index contributed by atoms with van der Waals surface area (Å²) in [5.41, 5.74) is 3.56. The summed E-state index contributed by atoms with van der Waals surface area (Å²) in [4.78, 5) is 22.7. The molecule has 33 heavy (non-hydrogen) atoms. The average molecular weight is 455 g/mol. The first-order valence-corrected chi connectivity index (χ1v) is 11.1. The second kappa shape index (κ2) is 7.75. The topological polar surface area (TPSA) is 82.6 Å². The maximum absolute atomic E-state index is 13.4. The largest absolute Gasteiger partial charge is 0.497 e. The highest BCUT2D eigenvalue weighted by molar-refractivity contribution is 7.22. The Labute approximate surface area is 192 Å². The molecule has 3 heterocycles. The number of hydrogen-bond acceptors (Lipinski definition) is 7. The van der Waals surface area contributed by atoms with Gasteiger partial charge in [-0.2, -0.15) is 0 Å². The van der Waals surface area contributed by atoms with Crippen molar-refractivity contribution in [2.24, 2.45) is 0 Å². The molecule has 8 heteroatoms. The number of hydrogen-bond donors (Lipinski definition) is 1. The molecule has 1 N–H and O–H groups in total. The number of rotatable bonds is 4. The molecule has 5 aromatic rings. The first-order chi connectivity index (χ1) is 16.2. The molecule has 0 unspecified atom stereocenters. The molecule has 1 amide bonds. The van der Waals surface area contributed by atoms with Crippen molar-refractivity contribution in [3.63, 3.8) is 0 Å². The molecule has 162 valence electrons. The van der Waals surface area contributed by atoms with E-state index in [0.29, 0.717) is 27.9 Å². The molecular weight excluding hydrogens is 438 g/mol. The van der Waals surface area contributed by atoms with Crippen molar-refractivity contribution < 1.29 is 19.0 Å². The number of benzene rings is 3. The van der Waals surface area contributed by atoms with Crippen LogP contribution in [0.2, 0.25) is 0 Å². The predicted molar refractivity (Wildman–Crippen MR) is 127 cm³/mol. The molecule has 6 rings (SSSR count). The van der Waals surface area contributed by atoms with Gasteiger partial charge in [-0.25, -0.2) is 9.97 Å². The van der Waals surface area contributed by atoms with Crippen LogP contribution in [0.1, 0.15) is 10.4 Å². The van der Waals surface area contributed by atoms with E-state index in [2.05, 4.69) is 10.3 Å². The minimum Gasteiger partial charge on any atom is -0.497 e. The van der Waals surface area contributed by atoms with Crippen molar-refractivity contribution in [3.8, 4) is 28.5 Å². The van der Waals surface area contributed by atoms with Crippen LogP contribution in [-0.4, -0.2) is 29.8 Å². The summed E-state index contributed by atoms with van der Waals surface area (Å²) in [5, 5.41) is 4.24. The number of para-hydroxylation sites is 1. The van der Waals surface area contributed by atoms with Gasteiger partial charge in [0.05, 0.1) is 34.1 Å². The fourth-order valence-corrected chi connectivity index (χ4v) is 4.71. The molecule has 0 aliphatic carbocycles. The number of anilines is 1. The number of pyridine rings is 1. The van der Waals surface area contributed by atoms with E-state index in [0.717, 1.165) is 32.4 Å². The van der Waals surface area contributed by atoms with Gasteiger partial charge in [-0.3, -0.25) is 10.1 Å². The van der Waals surface area contributed by atoms with E-state index < -0.39 is 0 Å². The Kier molecular flexibility index (Phi) is 4.58. The molecule has 7 nitrogen and oxygen atoms in total. The summed E-state index contributed by atoms with van der Waals surface area (Å²) in [6.07, 6.45) is 0. The Hall–Kier alpha value is -4.17. The average Bonchev–Trinajstić information content (AvgIpc) is 3.48. The van der Waals surface area contributed by atoms with Gasteiger partial charge in [-0.15, -0.1) is 0 Å². The minimum atomic E-state index is -0.249. The van der Waals surface area contributed by atoms with Crippen LogP contribution in [0.4, 0.5) is 5.13 Å². The zero-order chi connectivity index (χ0) is 22.4. The van der Waals surface area contributed by atoms with E-state index in [-0.39, 0.29) is 12.7 Å². The predicted octanol–water partition coefficient (Wildman–Crippen LogP) is 5.50. The number of fused-ring (bicyclic) bond motifs is 3. The molecule has 3 aromatic carbocycles. The number of methoxy groups -OCH3 is 1. The SMILES string of the molecule is COc1ccc2nc(NC(=O)c3cc(-c4ccc5c(c4)OCO5)nc4ccccc34)sc2c1. The van der Waals surface area contributed by atoms with Crippen LogP contribution in [-0.2, 0) is 0 Å². The summed E-state index contributed by atoms with van der Waals surface area (Å²) in [7, 11) is 1.62. The molecule has 0 bridgehead atoms. The number of aromatic nitrogens is 2. The number of thiazole rings is 1.